The summed E-state index contributed by atoms with van der Waals surface area (Å²) >= 11 is 14.2. The molecule has 3 aromatic carbocycles. The number of imidazole rings is 1. The van der Waals surface area contributed by atoms with Crippen LogP contribution in [-0.2, 0) is 5.75 Å². The van der Waals surface area contributed by atoms with E-state index < -0.39 is 0 Å². The van der Waals surface area contributed by atoms with E-state index in [4.69, 9.17) is 32.9 Å². The summed E-state index contributed by atoms with van der Waals surface area (Å²) in [4.78, 5) is 4.83. The molecule has 0 bridgehead atoms. The number of fused-ring (bicyclic) bond motifs is 1. The summed E-state index contributed by atoms with van der Waals surface area (Å²) in [6, 6.07) is 21.7. The van der Waals surface area contributed by atoms with Crippen LogP contribution in [0.3, 0.4) is 0 Å². The fourth-order valence-electron chi connectivity index (χ4n) is 2.99. The monoisotopic (exact) mass is 428 g/mol. The van der Waals surface area contributed by atoms with E-state index in [2.05, 4.69) is 4.57 Å². The van der Waals surface area contributed by atoms with Gasteiger partial charge in [-0.3, -0.25) is 4.57 Å². The minimum absolute atomic E-state index is 0.640. The molecule has 0 saturated heterocycles. The highest BCUT2D eigenvalue weighted by Gasteiger charge is 2.16. The molecule has 0 saturated carbocycles. The van der Waals surface area contributed by atoms with Gasteiger partial charge in [0.15, 0.2) is 5.16 Å². The molecule has 0 aliphatic heterocycles. The zero-order valence-electron chi connectivity index (χ0n) is 15.2. The molecular weight excluding hydrogens is 411 g/mol. The highest BCUT2D eigenvalue weighted by molar-refractivity contribution is 7.98. The van der Waals surface area contributed by atoms with E-state index in [1.54, 1.807) is 11.8 Å². The van der Waals surface area contributed by atoms with Crippen LogP contribution >= 0.6 is 35.0 Å². The Morgan fingerprint density at radius 3 is 2.43 bits per heavy atom. The first-order chi connectivity index (χ1) is 13.7. The molecule has 142 valence electrons. The van der Waals surface area contributed by atoms with Gasteiger partial charge in [0.2, 0.25) is 0 Å². The van der Waals surface area contributed by atoms with Crippen molar-refractivity contribution in [1.82, 2.24) is 9.55 Å². The smallest absolute Gasteiger partial charge is 0.174 e. The molecule has 1 aromatic heterocycles. The highest BCUT2D eigenvalue weighted by atomic mass is 35.5. The summed E-state index contributed by atoms with van der Waals surface area (Å²) in [6.07, 6.45) is 0. The van der Waals surface area contributed by atoms with Crippen molar-refractivity contribution in [2.24, 2.45) is 0 Å². The van der Waals surface area contributed by atoms with Crippen LogP contribution < -0.4 is 4.74 Å². The quantitative estimate of drug-likeness (QED) is 0.308. The van der Waals surface area contributed by atoms with Crippen molar-refractivity contribution in [2.45, 2.75) is 17.8 Å². The normalized spacial score (nSPS) is 11.1. The lowest BCUT2D eigenvalue weighted by Gasteiger charge is -2.11. The molecule has 0 N–H and O–H groups in total. The zero-order chi connectivity index (χ0) is 19.5. The zero-order valence-corrected chi connectivity index (χ0v) is 17.6. The summed E-state index contributed by atoms with van der Waals surface area (Å²) in [5.41, 5.74) is 3.97. The van der Waals surface area contributed by atoms with Gasteiger partial charge in [0, 0.05) is 16.5 Å². The Morgan fingerprint density at radius 2 is 1.71 bits per heavy atom. The maximum atomic E-state index is 6.53. The van der Waals surface area contributed by atoms with Crippen molar-refractivity contribution in [1.29, 1.82) is 0 Å². The van der Waals surface area contributed by atoms with Gasteiger partial charge in [0.25, 0.3) is 0 Å². The van der Waals surface area contributed by atoms with E-state index in [0.29, 0.717) is 11.6 Å². The van der Waals surface area contributed by atoms with Crippen molar-refractivity contribution in [3.8, 4) is 11.4 Å². The first-order valence-electron chi connectivity index (χ1n) is 8.93. The van der Waals surface area contributed by atoms with Gasteiger partial charge in [-0.2, -0.15) is 0 Å². The molecule has 0 spiro atoms. The van der Waals surface area contributed by atoms with Crippen LogP contribution in [0.1, 0.15) is 12.5 Å². The van der Waals surface area contributed by atoms with E-state index in [1.807, 2.05) is 73.7 Å². The van der Waals surface area contributed by atoms with E-state index in [-0.39, 0.29) is 0 Å². The maximum absolute atomic E-state index is 6.53. The molecule has 0 radical (unpaired) electrons. The third kappa shape index (κ3) is 4.00. The van der Waals surface area contributed by atoms with Crippen molar-refractivity contribution in [3.63, 3.8) is 0 Å². The summed E-state index contributed by atoms with van der Waals surface area (Å²) in [7, 11) is 0. The first-order valence-corrected chi connectivity index (χ1v) is 10.7. The van der Waals surface area contributed by atoms with Crippen LogP contribution in [0.4, 0.5) is 0 Å². The van der Waals surface area contributed by atoms with Crippen molar-refractivity contribution in [2.75, 3.05) is 6.61 Å². The largest absolute Gasteiger partial charge is 0.494 e. The standard InChI is InChI=1S/C22H18Cl2N2OS/c1-2-27-18-12-10-17(11-13-18)26-21-19(24)4-3-5-20(21)25-22(26)28-14-15-6-8-16(23)9-7-15/h3-13H,2,14H2,1H3. The van der Waals surface area contributed by atoms with Crippen LogP contribution in [0.5, 0.6) is 5.75 Å². The van der Waals surface area contributed by atoms with Crippen LogP contribution in [-0.4, -0.2) is 16.2 Å². The molecule has 0 aliphatic carbocycles. The van der Waals surface area contributed by atoms with Crippen LogP contribution in [0.25, 0.3) is 16.7 Å². The molecule has 3 nitrogen and oxygen atoms in total. The molecular formula is C22H18Cl2N2OS. The molecule has 0 unspecified atom stereocenters. The van der Waals surface area contributed by atoms with Crippen molar-refractivity contribution >= 4 is 46.0 Å². The average Bonchev–Trinajstić information content (AvgIpc) is 3.08. The second kappa shape index (κ2) is 8.48. The third-order valence-corrected chi connectivity index (χ3v) is 5.85. The van der Waals surface area contributed by atoms with Gasteiger partial charge in [0.1, 0.15) is 5.75 Å². The Kier molecular flexibility index (Phi) is 5.81. The van der Waals surface area contributed by atoms with Gasteiger partial charge in [0.05, 0.1) is 22.7 Å². The lowest BCUT2D eigenvalue weighted by molar-refractivity contribution is 0.340. The Balaban J connectivity index is 1.74. The summed E-state index contributed by atoms with van der Waals surface area (Å²) in [5.74, 6) is 1.63. The maximum Gasteiger partial charge on any atom is 0.174 e. The summed E-state index contributed by atoms with van der Waals surface area (Å²) in [5, 5.41) is 2.31. The predicted molar refractivity (Wildman–Crippen MR) is 118 cm³/mol. The number of benzene rings is 3. The average molecular weight is 429 g/mol. The Bertz CT molecular complexity index is 1090. The molecule has 28 heavy (non-hydrogen) atoms. The molecule has 0 atom stereocenters. The van der Waals surface area contributed by atoms with E-state index in [1.165, 1.54) is 5.56 Å². The van der Waals surface area contributed by atoms with Gasteiger partial charge in [-0.1, -0.05) is 53.2 Å². The highest BCUT2D eigenvalue weighted by Crippen LogP contribution is 2.34. The molecule has 4 aromatic rings. The minimum atomic E-state index is 0.640. The Labute approximate surface area is 178 Å². The van der Waals surface area contributed by atoms with Gasteiger partial charge >= 0.3 is 0 Å². The number of para-hydroxylation sites is 1. The van der Waals surface area contributed by atoms with Crippen molar-refractivity contribution in [3.05, 3.63) is 82.3 Å². The van der Waals surface area contributed by atoms with Gasteiger partial charge in [-0.25, -0.2) is 4.98 Å². The lowest BCUT2D eigenvalue weighted by atomic mass is 10.2. The second-order valence-electron chi connectivity index (χ2n) is 6.18. The molecule has 6 heteroatoms. The summed E-state index contributed by atoms with van der Waals surface area (Å²) < 4.78 is 7.67. The van der Waals surface area contributed by atoms with E-state index in [9.17, 15) is 0 Å². The van der Waals surface area contributed by atoms with Crippen molar-refractivity contribution < 1.29 is 4.74 Å². The van der Waals surface area contributed by atoms with Gasteiger partial charge < -0.3 is 4.74 Å². The molecule has 0 amide bonds. The third-order valence-electron chi connectivity index (χ3n) is 4.28. The van der Waals surface area contributed by atoms with E-state index >= 15 is 0 Å². The number of hydrogen-bond donors (Lipinski definition) is 0. The Morgan fingerprint density at radius 1 is 0.964 bits per heavy atom. The lowest BCUT2D eigenvalue weighted by Crippen LogP contribution is -1.98. The van der Waals surface area contributed by atoms with E-state index in [0.717, 1.165) is 38.4 Å². The molecule has 0 fully saturated rings. The molecule has 1 heterocycles. The van der Waals surface area contributed by atoms with Crippen LogP contribution in [0.2, 0.25) is 10.0 Å². The molecule has 0 aliphatic rings. The number of nitrogens with zero attached hydrogens (tertiary/aromatic N) is 2. The van der Waals surface area contributed by atoms with Gasteiger partial charge in [-0.15, -0.1) is 0 Å². The predicted octanol–water partition coefficient (Wildman–Crippen LogP) is 7.02. The first kappa shape index (κ1) is 19.2. The summed E-state index contributed by atoms with van der Waals surface area (Å²) in [6.45, 7) is 2.62. The number of thioether (sulfide) groups is 1. The fourth-order valence-corrected chi connectivity index (χ4v) is 4.34. The molecule has 4 rings (SSSR count). The number of aromatic nitrogens is 2. The number of hydrogen-bond acceptors (Lipinski definition) is 3. The topological polar surface area (TPSA) is 27.1 Å². The second-order valence-corrected chi connectivity index (χ2v) is 7.97. The number of rotatable bonds is 6. The number of ether oxygens (including phenoxy) is 1. The SMILES string of the molecule is CCOc1ccc(-n2c(SCc3ccc(Cl)cc3)nc3cccc(Cl)c32)cc1. The fraction of sp³-hybridized carbons (Fsp3) is 0.136. The number of halogens is 2. The Hall–Kier alpha value is -2.14. The van der Waals surface area contributed by atoms with Crippen LogP contribution in [0, 0.1) is 0 Å². The van der Waals surface area contributed by atoms with Gasteiger partial charge in [-0.05, 0) is 61.0 Å². The minimum Gasteiger partial charge on any atom is -0.494 e. The van der Waals surface area contributed by atoms with Crippen LogP contribution in [0.15, 0.2) is 71.9 Å².